The van der Waals surface area contributed by atoms with Gasteiger partial charge in [0.15, 0.2) is 0 Å². The molecule has 5 nitrogen and oxygen atoms in total. The van der Waals surface area contributed by atoms with Gasteiger partial charge in [-0.1, -0.05) is 17.3 Å². The van der Waals surface area contributed by atoms with Gasteiger partial charge in [-0.25, -0.2) is 4.79 Å². The smallest absolute Gasteiger partial charge is 0.410 e. The summed E-state index contributed by atoms with van der Waals surface area (Å²) in [6, 6.07) is 3.69. The maximum Gasteiger partial charge on any atom is 0.410 e. The van der Waals surface area contributed by atoms with Crippen LogP contribution in [0.2, 0.25) is 0 Å². The normalized spacial score (nSPS) is 12.1. The van der Waals surface area contributed by atoms with Gasteiger partial charge < -0.3 is 9.94 Å². The Morgan fingerprint density at radius 2 is 2.30 bits per heavy atom. The van der Waals surface area contributed by atoms with Crippen LogP contribution < -0.4 is 0 Å². The fourth-order valence-electron chi connectivity index (χ4n) is 1.47. The predicted octanol–water partition coefficient (Wildman–Crippen LogP) is 3.35. The molecule has 6 heteroatoms. The minimum Gasteiger partial charge on any atom is -0.444 e. The van der Waals surface area contributed by atoms with Gasteiger partial charge in [-0.05, 0) is 32.2 Å². The summed E-state index contributed by atoms with van der Waals surface area (Å²) in [6.45, 7) is 9.52. The van der Waals surface area contributed by atoms with Crippen molar-refractivity contribution in [3.05, 3.63) is 35.0 Å². The summed E-state index contributed by atoms with van der Waals surface area (Å²) in [6.07, 6.45) is 1.14. The average Bonchev–Trinajstić information content (AvgIpc) is 2.85. The number of carbonyl (C=O) groups is 1. The number of rotatable bonds is 5. The van der Waals surface area contributed by atoms with Gasteiger partial charge in [-0.3, -0.25) is 4.90 Å². The van der Waals surface area contributed by atoms with Crippen LogP contribution in [0.5, 0.6) is 0 Å². The zero-order valence-corrected chi connectivity index (χ0v) is 12.8. The first-order valence-electron chi connectivity index (χ1n) is 6.21. The van der Waals surface area contributed by atoms with Crippen molar-refractivity contribution >= 4 is 23.1 Å². The van der Waals surface area contributed by atoms with Crippen LogP contribution in [0.1, 0.15) is 25.6 Å². The molecular formula is C14H20N2O3S. The quantitative estimate of drug-likeness (QED) is 0.392. The Morgan fingerprint density at radius 3 is 2.75 bits per heavy atom. The number of ether oxygens (including phenoxy) is 1. The second-order valence-electron chi connectivity index (χ2n) is 5.17. The summed E-state index contributed by atoms with van der Waals surface area (Å²) in [7, 11) is 0. The molecule has 0 saturated heterocycles. The van der Waals surface area contributed by atoms with Crippen molar-refractivity contribution in [2.45, 2.75) is 26.4 Å². The zero-order chi connectivity index (χ0) is 15.2. The minimum absolute atomic E-state index is 0.165. The van der Waals surface area contributed by atoms with Crippen LogP contribution in [-0.4, -0.2) is 40.6 Å². The van der Waals surface area contributed by atoms with E-state index < -0.39 is 11.7 Å². The van der Waals surface area contributed by atoms with Crippen LogP contribution in [-0.2, 0) is 4.74 Å². The summed E-state index contributed by atoms with van der Waals surface area (Å²) in [5, 5.41) is 14.3. The van der Waals surface area contributed by atoms with Crippen molar-refractivity contribution in [1.82, 2.24) is 4.90 Å². The molecule has 0 unspecified atom stereocenters. The fraction of sp³-hybridized carbons (Fsp3) is 0.429. The van der Waals surface area contributed by atoms with Crippen LogP contribution in [0, 0.1) is 0 Å². The van der Waals surface area contributed by atoms with Crippen LogP contribution in [0.4, 0.5) is 4.79 Å². The highest BCUT2D eigenvalue weighted by Crippen LogP contribution is 2.14. The summed E-state index contributed by atoms with van der Waals surface area (Å²) in [4.78, 5) is 14.3. The van der Waals surface area contributed by atoms with Gasteiger partial charge in [-0.2, -0.15) is 0 Å². The Hall–Kier alpha value is -1.82. The zero-order valence-electron chi connectivity index (χ0n) is 12.0. The molecule has 1 rings (SSSR count). The first-order valence-corrected chi connectivity index (χ1v) is 7.09. The Kier molecular flexibility index (Phi) is 5.76. The van der Waals surface area contributed by atoms with Gasteiger partial charge in [0.25, 0.3) is 0 Å². The van der Waals surface area contributed by atoms with Gasteiger partial charge in [0.1, 0.15) is 11.3 Å². The van der Waals surface area contributed by atoms with E-state index in [1.165, 1.54) is 16.2 Å². The number of nitrogens with zero attached hydrogens (tertiary/aromatic N) is 2. The summed E-state index contributed by atoms with van der Waals surface area (Å²) < 4.78 is 5.32. The highest BCUT2D eigenvalue weighted by molar-refractivity contribution is 7.12. The fourth-order valence-corrected chi connectivity index (χ4v) is 2.17. The van der Waals surface area contributed by atoms with E-state index in [0.717, 1.165) is 4.88 Å². The van der Waals surface area contributed by atoms with E-state index in [2.05, 4.69) is 11.7 Å². The third kappa shape index (κ3) is 5.05. The SMILES string of the molecule is C=CCN(CC(=NO)c1cccs1)C(=O)OC(C)(C)C. The van der Waals surface area contributed by atoms with Gasteiger partial charge in [0.2, 0.25) is 0 Å². The molecule has 0 aliphatic carbocycles. The largest absolute Gasteiger partial charge is 0.444 e. The Bertz CT molecular complexity index is 475. The Morgan fingerprint density at radius 1 is 1.60 bits per heavy atom. The monoisotopic (exact) mass is 296 g/mol. The van der Waals surface area contributed by atoms with E-state index in [1.54, 1.807) is 26.8 Å². The average molecular weight is 296 g/mol. The topological polar surface area (TPSA) is 62.1 Å². The van der Waals surface area contributed by atoms with Crippen molar-refractivity contribution < 1.29 is 14.7 Å². The summed E-state index contributed by atoms with van der Waals surface area (Å²) >= 11 is 1.45. The van der Waals surface area contributed by atoms with Crippen LogP contribution >= 0.6 is 11.3 Å². The van der Waals surface area contributed by atoms with E-state index in [0.29, 0.717) is 12.3 Å². The Balaban J connectivity index is 2.81. The molecule has 1 amide bonds. The molecule has 20 heavy (non-hydrogen) atoms. The lowest BCUT2D eigenvalue weighted by atomic mass is 10.2. The van der Waals surface area contributed by atoms with Crippen molar-refractivity contribution in [3.63, 3.8) is 0 Å². The number of hydrogen-bond acceptors (Lipinski definition) is 5. The molecule has 110 valence electrons. The molecule has 1 aromatic heterocycles. The number of amides is 1. The third-order valence-corrected chi connectivity index (χ3v) is 3.19. The molecule has 0 aliphatic rings. The number of thiophene rings is 1. The molecule has 1 heterocycles. The number of carbonyl (C=O) groups excluding carboxylic acids is 1. The van der Waals surface area contributed by atoms with E-state index in [1.807, 2.05) is 17.5 Å². The first kappa shape index (κ1) is 16.2. The summed E-state index contributed by atoms with van der Waals surface area (Å²) in [5.74, 6) is 0. The minimum atomic E-state index is -0.573. The van der Waals surface area contributed by atoms with Crippen LogP contribution in [0.3, 0.4) is 0 Å². The molecule has 1 aromatic rings. The molecule has 0 bridgehead atoms. The van der Waals surface area contributed by atoms with Crippen molar-refractivity contribution in [3.8, 4) is 0 Å². The van der Waals surface area contributed by atoms with Crippen LogP contribution in [0.25, 0.3) is 0 Å². The van der Waals surface area contributed by atoms with Crippen molar-refractivity contribution in [1.29, 1.82) is 0 Å². The predicted molar refractivity (Wildman–Crippen MR) is 80.6 cm³/mol. The van der Waals surface area contributed by atoms with Gasteiger partial charge in [-0.15, -0.1) is 17.9 Å². The molecule has 0 fully saturated rings. The molecule has 1 N–H and O–H groups in total. The lowest BCUT2D eigenvalue weighted by molar-refractivity contribution is 0.0298. The van der Waals surface area contributed by atoms with Gasteiger partial charge in [0, 0.05) is 6.54 Å². The Labute approximate surface area is 123 Å². The standard InChI is InChI=1S/C14H20N2O3S/c1-5-8-16(13(17)19-14(2,3)4)10-11(15-18)12-7-6-9-20-12/h5-7,9,18H,1,8,10H2,2-4H3. The van der Waals surface area contributed by atoms with E-state index in [9.17, 15) is 4.79 Å². The van der Waals surface area contributed by atoms with E-state index >= 15 is 0 Å². The second kappa shape index (κ2) is 7.09. The van der Waals surface area contributed by atoms with Gasteiger partial charge in [0.05, 0.1) is 11.4 Å². The molecular weight excluding hydrogens is 276 g/mol. The molecule has 0 spiro atoms. The maximum atomic E-state index is 12.1. The molecule has 0 radical (unpaired) electrons. The first-order chi connectivity index (χ1) is 9.37. The molecule has 0 saturated carbocycles. The summed E-state index contributed by atoms with van der Waals surface area (Å²) in [5.41, 5.74) is -0.150. The van der Waals surface area contributed by atoms with Gasteiger partial charge >= 0.3 is 6.09 Å². The molecule has 0 aromatic carbocycles. The van der Waals surface area contributed by atoms with E-state index in [-0.39, 0.29) is 6.54 Å². The number of hydrogen-bond donors (Lipinski definition) is 1. The van der Waals surface area contributed by atoms with Crippen molar-refractivity contribution in [2.75, 3.05) is 13.1 Å². The van der Waals surface area contributed by atoms with Crippen LogP contribution in [0.15, 0.2) is 35.3 Å². The molecule has 0 atom stereocenters. The highest BCUT2D eigenvalue weighted by Gasteiger charge is 2.23. The van der Waals surface area contributed by atoms with Crippen molar-refractivity contribution in [2.24, 2.45) is 5.16 Å². The maximum absolute atomic E-state index is 12.1. The van der Waals surface area contributed by atoms with E-state index in [4.69, 9.17) is 9.94 Å². The highest BCUT2D eigenvalue weighted by atomic mass is 32.1. The third-order valence-electron chi connectivity index (χ3n) is 2.27. The molecule has 0 aliphatic heterocycles. The lowest BCUT2D eigenvalue weighted by Crippen LogP contribution is -2.40. The lowest BCUT2D eigenvalue weighted by Gasteiger charge is -2.26. The second-order valence-corrected chi connectivity index (χ2v) is 6.12. The number of oxime groups is 1.